The van der Waals surface area contributed by atoms with Gasteiger partial charge in [0.2, 0.25) is 10.0 Å². The molecule has 0 spiro atoms. The Labute approximate surface area is 150 Å². The average Bonchev–Trinajstić information content (AvgIpc) is 2.60. The van der Waals surface area contributed by atoms with Gasteiger partial charge in [-0.2, -0.15) is 0 Å². The summed E-state index contributed by atoms with van der Waals surface area (Å²) in [7, 11) is -2.04. The first-order valence-electron chi connectivity index (χ1n) is 8.26. The second kappa shape index (κ2) is 8.58. The number of hydrogen-bond donors (Lipinski definition) is 2. The number of methoxy groups -OCH3 is 1. The normalized spacial score (nSPS) is 13.2. The highest BCUT2D eigenvalue weighted by atomic mass is 32.2. The number of benzene rings is 2. The van der Waals surface area contributed by atoms with Crippen molar-refractivity contribution in [3.63, 3.8) is 0 Å². The second-order valence-corrected chi connectivity index (χ2v) is 8.13. The van der Waals surface area contributed by atoms with Crippen molar-refractivity contribution in [1.29, 1.82) is 0 Å². The van der Waals surface area contributed by atoms with Crippen LogP contribution in [0.2, 0.25) is 0 Å². The van der Waals surface area contributed by atoms with Crippen LogP contribution in [0.4, 0.5) is 0 Å². The minimum atomic E-state index is -3.61. The predicted molar refractivity (Wildman–Crippen MR) is 99.8 cm³/mol. The van der Waals surface area contributed by atoms with Crippen molar-refractivity contribution in [3.8, 4) is 0 Å². The molecule has 0 fully saturated rings. The zero-order chi connectivity index (χ0) is 18.4. The Morgan fingerprint density at radius 3 is 2.32 bits per heavy atom. The summed E-state index contributed by atoms with van der Waals surface area (Å²) in [6, 6.07) is 14.3. The first-order chi connectivity index (χ1) is 11.8. The number of nitrogens with one attached hydrogen (secondary N) is 1. The number of ether oxygens (including phenoxy) is 1. The standard InChI is InChI=1S/C19H26N2O3S/c1-14(2)16-7-9-17(10-8-16)19(20)12-21-25(22,23)18-6-4-5-15(11-18)13-24-3/h4-11,14,19,21H,12-13,20H2,1-3H3. The van der Waals surface area contributed by atoms with E-state index >= 15 is 0 Å². The Morgan fingerprint density at radius 2 is 1.72 bits per heavy atom. The minimum absolute atomic E-state index is 0.137. The third-order valence-electron chi connectivity index (χ3n) is 4.04. The lowest BCUT2D eigenvalue weighted by Gasteiger charge is -2.15. The van der Waals surface area contributed by atoms with Crippen LogP contribution in [-0.2, 0) is 21.4 Å². The third-order valence-corrected chi connectivity index (χ3v) is 5.47. The molecule has 25 heavy (non-hydrogen) atoms. The molecule has 0 radical (unpaired) electrons. The van der Waals surface area contributed by atoms with E-state index < -0.39 is 16.1 Å². The zero-order valence-corrected chi connectivity index (χ0v) is 15.7. The molecule has 6 heteroatoms. The van der Waals surface area contributed by atoms with Gasteiger partial charge in [-0.25, -0.2) is 13.1 Å². The topological polar surface area (TPSA) is 81.4 Å². The molecule has 0 heterocycles. The average molecular weight is 362 g/mol. The van der Waals surface area contributed by atoms with Gasteiger partial charge in [0.05, 0.1) is 11.5 Å². The number of rotatable bonds is 8. The van der Waals surface area contributed by atoms with E-state index in [2.05, 4.69) is 18.6 Å². The number of nitrogens with two attached hydrogens (primary N) is 1. The quantitative estimate of drug-likeness (QED) is 0.756. The third kappa shape index (κ3) is 5.37. The highest BCUT2D eigenvalue weighted by Crippen LogP contribution is 2.18. The van der Waals surface area contributed by atoms with Crippen LogP contribution in [0.5, 0.6) is 0 Å². The SMILES string of the molecule is COCc1cccc(S(=O)(=O)NCC(N)c2ccc(C(C)C)cc2)c1. The van der Waals surface area contributed by atoms with E-state index in [9.17, 15) is 8.42 Å². The molecule has 0 saturated heterocycles. The second-order valence-electron chi connectivity index (χ2n) is 6.36. The van der Waals surface area contributed by atoms with E-state index in [1.807, 2.05) is 30.3 Å². The van der Waals surface area contributed by atoms with Gasteiger partial charge < -0.3 is 10.5 Å². The molecule has 3 N–H and O–H groups in total. The van der Waals surface area contributed by atoms with Crippen molar-refractivity contribution >= 4 is 10.0 Å². The molecule has 0 amide bonds. The summed E-state index contributed by atoms with van der Waals surface area (Å²) in [5, 5.41) is 0. The van der Waals surface area contributed by atoms with Crippen molar-refractivity contribution in [2.75, 3.05) is 13.7 Å². The first-order valence-corrected chi connectivity index (χ1v) is 9.75. The fourth-order valence-corrected chi connectivity index (χ4v) is 3.63. The van der Waals surface area contributed by atoms with Gasteiger partial charge in [-0.1, -0.05) is 50.2 Å². The van der Waals surface area contributed by atoms with E-state index in [0.29, 0.717) is 12.5 Å². The summed E-state index contributed by atoms with van der Waals surface area (Å²) >= 11 is 0. The fourth-order valence-electron chi connectivity index (χ4n) is 2.50. The lowest BCUT2D eigenvalue weighted by Crippen LogP contribution is -2.32. The van der Waals surface area contributed by atoms with Crippen LogP contribution in [-0.4, -0.2) is 22.1 Å². The van der Waals surface area contributed by atoms with Crippen molar-refractivity contribution in [3.05, 3.63) is 65.2 Å². The largest absolute Gasteiger partial charge is 0.380 e. The molecule has 2 aromatic carbocycles. The maximum Gasteiger partial charge on any atom is 0.240 e. The molecule has 0 aromatic heterocycles. The molecule has 5 nitrogen and oxygen atoms in total. The summed E-state index contributed by atoms with van der Waals surface area (Å²) in [5.74, 6) is 0.447. The summed E-state index contributed by atoms with van der Waals surface area (Å²) in [6.45, 7) is 4.75. The van der Waals surface area contributed by atoms with Gasteiger partial charge in [-0.15, -0.1) is 0 Å². The minimum Gasteiger partial charge on any atom is -0.380 e. The van der Waals surface area contributed by atoms with Gasteiger partial charge in [0.15, 0.2) is 0 Å². The van der Waals surface area contributed by atoms with E-state index in [4.69, 9.17) is 10.5 Å². The summed E-state index contributed by atoms with van der Waals surface area (Å²) < 4.78 is 32.6. The molecule has 0 saturated carbocycles. The van der Waals surface area contributed by atoms with Crippen LogP contribution in [0.15, 0.2) is 53.4 Å². The maximum atomic E-state index is 12.5. The van der Waals surface area contributed by atoms with E-state index in [0.717, 1.165) is 11.1 Å². The van der Waals surface area contributed by atoms with Gasteiger partial charge in [-0.3, -0.25) is 0 Å². The Hall–Kier alpha value is -1.73. The summed E-state index contributed by atoms with van der Waals surface area (Å²) in [6.07, 6.45) is 0. The van der Waals surface area contributed by atoms with Gasteiger partial charge in [0, 0.05) is 19.7 Å². The van der Waals surface area contributed by atoms with Crippen LogP contribution < -0.4 is 10.5 Å². The molecule has 1 atom stereocenters. The lowest BCUT2D eigenvalue weighted by molar-refractivity contribution is 0.184. The monoisotopic (exact) mass is 362 g/mol. The van der Waals surface area contributed by atoms with Crippen LogP contribution in [0.25, 0.3) is 0 Å². The van der Waals surface area contributed by atoms with E-state index in [-0.39, 0.29) is 11.4 Å². The summed E-state index contributed by atoms with van der Waals surface area (Å²) in [5.41, 5.74) is 9.07. The first kappa shape index (κ1) is 19.6. The Morgan fingerprint density at radius 1 is 1.08 bits per heavy atom. The van der Waals surface area contributed by atoms with Crippen LogP contribution in [0.1, 0.15) is 42.5 Å². The van der Waals surface area contributed by atoms with E-state index in [1.54, 1.807) is 25.3 Å². The Kier molecular flexibility index (Phi) is 6.72. The Bertz CT molecular complexity index is 787. The smallest absolute Gasteiger partial charge is 0.240 e. The molecular weight excluding hydrogens is 336 g/mol. The van der Waals surface area contributed by atoms with E-state index in [1.165, 1.54) is 5.56 Å². The zero-order valence-electron chi connectivity index (χ0n) is 14.9. The molecule has 136 valence electrons. The van der Waals surface area contributed by atoms with Crippen LogP contribution in [0.3, 0.4) is 0 Å². The van der Waals surface area contributed by atoms with Gasteiger partial charge in [0.25, 0.3) is 0 Å². The molecule has 0 bridgehead atoms. The van der Waals surface area contributed by atoms with Crippen molar-refractivity contribution in [1.82, 2.24) is 4.72 Å². The van der Waals surface area contributed by atoms with Crippen LogP contribution >= 0.6 is 0 Å². The molecule has 0 aliphatic heterocycles. The summed E-state index contributed by atoms with van der Waals surface area (Å²) in [4.78, 5) is 0.212. The van der Waals surface area contributed by atoms with Crippen molar-refractivity contribution < 1.29 is 13.2 Å². The maximum absolute atomic E-state index is 12.5. The molecular formula is C19H26N2O3S. The molecule has 0 aliphatic rings. The molecule has 2 rings (SSSR count). The van der Waals surface area contributed by atoms with Crippen molar-refractivity contribution in [2.45, 2.75) is 37.3 Å². The highest BCUT2D eigenvalue weighted by molar-refractivity contribution is 7.89. The van der Waals surface area contributed by atoms with Gasteiger partial charge in [0.1, 0.15) is 0 Å². The fraction of sp³-hybridized carbons (Fsp3) is 0.368. The predicted octanol–water partition coefficient (Wildman–Crippen LogP) is 2.93. The number of hydrogen-bond acceptors (Lipinski definition) is 4. The highest BCUT2D eigenvalue weighted by Gasteiger charge is 2.16. The Balaban J connectivity index is 2.04. The molecule has 1 unspecified atom stereocenters. The van der Waals surface area contributed by atoms with Gasteiger partial charge in [-0.05, 0) is 34.7 Å². The lowest BCUT2D eigenvalue weighted by atomic mass is 9.99. The van der Waals surface area contributed by atoms with Crippen molar-refractivity contribution in [2.24, 2.45) is 5.73 Å². The van der Waals surface area contributed by atoms with Crippen LogP contribution in [0, 0.1) is 0 Å². The molecule has 2 aromatic rings. The van der Waals surface area contributed by atoms with Gasteiger partial charge >= 0.3 is 0 Å². The molecule has 0 aliphatic carbocycles. The number of sulfonamides is 1.